The number of hydrogen-bond acceptors (Lipinski definition) is 5. The highest BCUT2D eigenvalue weighted by Gasteiger charge is 2.23. The fourth-order valence-corrected chi connectivity index (χ4v) is 3.30. The number of fused-ring (bicyclic) bond motifs is 3. The molecule has 0 spiro atoms. The second-order valence-corrected chi connectivity index (χ2v) is 8.18. The van der Waals surface area contributed by atoms with Crippen molar-refractivity contribution in [1.29, 1.82) is 0 Å². The molecule has 1 aliphatic carbocycles. The van der Waals surface area contributed by atoms with Crippen molar-refractivity contribution in [3.8, 4) is 11.1 Å². The van der Waals surface area contributed by atoms with Crippen LogP contribution in [0.4, 0.5) is 0 Å². The Labute approximate surface area is 183 Å². The molecule has 1 N–H and O–H groups in total. The molecular weight excluding hydrogens is 390 g/mol. The molecule has 2 aliphatic rings. The van der Waals surface area contributed by atoms with E-state index in [1.165, 1.54) is 7.11 Å². The first-order valence-corrected chi connectivity index (χ1v) is 10.1. The van der Waals surface area contributed by atoms with Crippen molar-refractivity contribution in [3.63, 3.8) is 0 Å². The predicted octanol–water partition coefficient (Wildman–Crippen LogP) is 5.17. The summed E-state index contributed by atoms with van der Waals surface area (Å²) in [6, 6.07) is 11.1. The molecule has 0 amide bonds. The van der Waals surface area contributed by atoms with E-state index in [-0.39, 0.29) is 11.9 Å². The van der Waals surface area contributed by atoms with Gasteiger partial charge in [-0.1, -0.05) is 24.3 Å². The topological polar surface area (TPSA) is 64.6 Å². The van der Waals surface area contributed by atoms with E-state index in [1.807, 2.05) is 81.7 Å². The van der Waals surface area contributed by atoms with Gasteiger partial charge in [0.05, 0.1) is 18.2 Å². The predicted molar refractivity (Wildman–Crippen MR) is 122 cm³/mol. The van der Waals surface area contributed by atoms with E-state index in [1.54, 1.807) is 12.1 Å². The number of nitrogens with one attached hydrogen (secondary N) is 1. The molecule has 160 valence electrons. The molecule has 5 heteroatoms. The van der Waals surface area contributed by atoms with E-state index < -0.39 is 5.60 Å². The van der Waals surface area contributed by atoms with Crippen LogP contribution >= 0.6 is 0 Å². The van der Waals surface area contributed by atoms with Gasteiger partial charge in [-0.3, -0.25) is 0 Å². The molecular formula is C26H27NO4. The maximum atomic E-state index is 12.2. The highest BCUT2D eigenvalue weighted by atomic mass is 16.6. The molecule has 1 aliphatic heterocycles. The van der Waals surface area contributed by atoms with Crippen molar-refractivity contribution in [2.45, 2.75) is 32.8 Å². The monoisotopic (exact) mass is 417 g/mol. The minimum Gasteiger partial charge on any atom is -0.465 e. The molecule has 5 nitrogen and oxygen atoms in total. The molecule has 0 bridgehead atoms. The maximum absolute atomic E-state index is 12.2. The van der Waals surface area contributed by atoms with Gasteiger partial charge in [-0.2, -0.15) is 0 Å². The van der Waals surface area contributed by atoms with Crippen LogP contribution in [-0.4, -0.2) is 24.6 Å². The second-order valence-electron chi connectivity index (χ2n) is 8.18. The number of allylic oxidation sites excluding steroid dienone is 4. The SMILES string of the molecule is C1=CC=CNC=C1.COC(=O)c1ccc2c(c1)-c1ccc(C(=O)OC(C)(C)C)cc1C2. The number of esters is 2. The van der Waals surface area contributed by atoms with Gasteiger partial charge in [-0.05, 0) is 85.9 Å². The van der Waals surface area contributed by atoms with Crippen LogP contribution in [0, 0.1) is 0 Å². The fraction of sp³-hybridized carbons (Fsp3) is 0.231. The van der Waals surface area contributed by atoms with Crippen LogP contribution in [-0.2, 0) is 15.9 Å². The maximum Gasteiger partial charge on any atom is 0.338 e. The number of benzene rings is 2. The molecule has 0 saturated carbocycles. The third-order valence-electron chi connectivity index (χ3n) is 4.66. The van der Waals surface area contributed by atoms with Crippen LogP contribution in [0.25, 0.3) is 11.1 Å². The summed E-state index contributed by atoms with van der Waals surface area (Å²) in [6.07, 6.45) is 12.3. The standard InChI is InChI=1S/C20H20O4.C6H7N/c1-20(2,3)24-19(22)13-7-8-16-15(10-13)9-12-5-6-14(11-17(12)16)18(21)23-4;1-2-4-6-7-5-3-1/h5-8,10-11H,9H2,1-4H3;1-7H. The zero-order valence-corrected chi connectivity index (χ0v) is 18.3. The molecule has 31 heavy (non-hydrogen) atoms. The van der Waals surface area contributed by atoms with E-state index in [4.69, 9.17) is 9.47 Å². The Bertz CT molecular complexity index is 1060. The summed E-state index contributed by atoms with van der Waals surface area (Å²) in [4.78, 5) is 24.0. The Morgan fingerprint density at radius 2 is 1.45 bits per heavy atom. The third kappa shape index (κ3) is 5.72. The number of hydrogen-bond donors (Lipinski definition) is 1. The third-order valence-corrected chi connectivity index (χ3v) is 4.66. The van der Waals surface area contributed by atoms with Crippen molar-refractivity contribution in [2.24, 2.45) is 0 Å². The van der Waals surface area contributed by atoms with Gasteiger partial charge in [0.2, 0.25) is 0 Å². The Balaban J connectivity index is 0.000000330. The van der Waals surface area contributed by atoms with Crippen molar-refractivity contribution in [1.82, 2.24) is 5.32 Å². The zero-order valence-electron chi connectivity index (χ0n) is 18.3. The van der Waals surface area contributed by atoms with Crippen molar-refractivity contribution < 1.29 is 19.1 Å². The zero-order chi connectivity index (χ0) is 22.4. The van der Waals surface area contributed by atoms with Crippen LogP contribution in [0.1, 0.15) is 52.6 Å². The van der Waals surface area contributed by atoms with E-state index in [0.717, 1.165) is 28.7 Å². The van der Waals surface area contributed by atoms with Gasteiger partial charge in [-0.25, -0.2) is 9.59 Å². The lowest BCUT2D eigenvalue weighted by Crippen LogP contribution is -2.23. The number of carbonyl (C=O) groups is 2. The van der Waals surface area contributed by atoms with Crippen LogP contribution in [0.15, 0.2) is 73.1 Å². The van der Waals surface area contributed by atoms with Crippen LogP contribution < -0.4 is 5.32 Å². The largest absolute Gasteiger partial charge is 0.465 e. The summed E-state index contributed by atoms with van der Waals surface area (Å²) in [5.74, 6) is -0.673. The summed E-state index contributed by atoms with van der Waals surface area (Å²) in [5.41, 5.74) is 4.82. The van der Waals surface area contributed by atoms with Gasteiger partial charge in [0.25, 0.3) is 0 Å². The molecule has 2 aromatic rings. The van der Waals surface area contributed by atoms with E-state index in [2.05, 4.69) is 5.32 Å². The van der Waals surface area contributed by atoms with Gasteiger partial charge in [-0.15, -0.1) is 0 Å². The lowest BCUT2D eigenvalue weighted by Gasteiger charge is -2.19. The van der Waals surface area contributed by atoms with Crippen LogP contribution in [0.5, 0.6) is 0 Å². The first kappa shape index (κ1) is 22.1. The quantitative estimate of drug-likeness (QED) is 0.583. The van der Waals surface area contributed by atoms with Crippen LogP contribution in [0.3, 0.4) is 0 Å². The fourth-order valence-electron chi connectivity index (χ4n) is 3.30. The van der Waals surface area contributed by atoms with Gasteiger partial charge in [0, 0.05) is 12.4 Å². The van der Waals surface area contributed by atoms with Gasteiger partial charge in [0.15, 0.2) is 0 Å². The Kier molecular flexibility index (Phi) is 6.75. The van der Waals surface area contributed by atoms with Gasteiger partial charge in [0.1, 0.15) is 5.60 Å². The highest BCUT2D eigenvalue weighted by molar-refractivity contribution is 5.94. The lowest BCUT2D eigenvalue weighted by atomic mass is 10.0. The van der Waals surface area contributed by atoms with Gasteiger partial charge >= 0.3 is 11.9 Å². The number of rotatable bonds is 2. The van der Waals surface area contributed by atoms with Crippen molar-refractivity contribution in [3.05, 3.63) is 95.4 Å². The van der Waals surface area contributed by atoms with Crippen molar-refractivity contribution in [2.75, 3.05) is 7.11 Å². The summed E-state index contributed by atoms with van der Waals surface area (Å²) >= 11 is 0. The summed E-state index contributed by atoms with van der Waals surface area (Å²) in [6.45, 7) is 5.55. The normalized spacial score (nSPS) is 13.2. The molecule has 2 aromatic carbocycles. The van der Waals surface area contributed by atoms with Crippen molar-refractivity contribution >= 4 is 11.9 Å². The Hall–Kier alpha value is -3.60. The molecule has 0 unspecified atom stereocenters. The Morgan fingerprint density at radius 3 is 2.10 bits per heavy atom. The molecule has 4 rings (SSSR count). The number of carbonyl (C=O) groups excluding carboxylic acids is 2. The second kappa shape index (κ2) is 9.47. The first-order valence-electron chi connectivity index (χ1n) is 10.1. The number of ether oxygens (including phenoxy) is 2. The highest BCUT2D eigenvalue weighted by Crippen LogP contribution is 2.37. The average Bonchev–Trinajstić information content (AvgIpc) is 2.89. The first-order chi connectivity index (χ1) is 14.8. The average molecular weight is 418 g/mol. The smallest absolute Gasteiger partial charge is 0.338 e. The molecule has 0 saturated heterocycles. The summed E-state index contributed by atoms with van der Waals surface area (Å²) < 4.78 is 10.2. The van der Waals surface area contributed by atoms with Gasteiger partial charge < -0.3 is 14.8 Å². The Morgan fingerprint density at radius 1 is 0.806 bits per heavy atom. The minimum absolute atomic E-state index is 0.323. The molecule has 0 atom stereocenters. The lowest BCUT2D eigenvalue weighted by molar-refractivity contribution is 0.00692. The van der Waals surface area contributed by atoms with Crippen LogP contribution in [0.2, 0.25) is 0 Å². The van der Waals surface area contributed by atoms with E-state index in [0.29, 0.717) is 11.1 Å². The molecule has 0 fully saturated rings. The van der Waals surface area contributed by atoms with E-state index >= 15 is 0 Å². The molecule has 0 radical (unpaired) electrons. The molecule has 0 aromatic heterocycles. The summed E-state index contributed by atoms with van der Waals surface area (Å²) in [7, 11) is 1.37. The minimum atomic E-state index is -0.519. The van der Waals surface area contributed by atoms with E-state index in [9.17, 15) is 9.59 Å². The summed E-state index contributed by atoms with van der Waals surface area (Å²) in [5, 5.41) is 2.92. The molecule has 1 heterocycles. The number of methoxy groups -OCH3 is 1.